The molecule has 2 aromatic rings. The van der Waals surface area contributed by atoms with Crippen molar-refractivity contribution in [3.8, 4) is 0 Å². The van der Waals surface area contributed by atoms with Crippen molar-refractivity contribution in [2.75, 3.05) is 0 Å². The molecule has 0 heterocycles. The van der Waals surface area contributed by atoms with E-state index in [2.05, 4.69) is 53.9 Å². The first-order valence-corrected chi connectivity index (χ1v) is 8.32. The van der Waals surface area contributed by atoms with Gasteiger partial charge in [0.15, 0.2) is 0 Å². The van der Waals surface area contributed by atoms with Crippen molar-refractivity contribution in [1.29, 1.82) is 0 Å². The number of benzene rings is 2. The maximum atomic E-state index is 6.36. The predicted octanol–water partition coefficient (Wildman–Crippen LogP) is 5.98. The maximum absolute atomic E-state index is 6.36. The molecule has 100 valence electrons. The highest BCUT2D eigenvalue weighted by Crippen LogP contribution is 2.35. The third-order valence-electron chi connectivity index (χ3n) is 2.91. The molecule has 1 unspecified atom stereocenters. The van der Waals surface area contributed by atoms with Crippen LogP contribution in [0, 0.1) is 6.92 Å². The zero-order chi connectivity index (χ0) is 14.2. The van der Waals surface area contributed by atoms with Gasteiger partial charge in [0, 0.05) is 18.4 Å². The molecule has 1 nitrogen and oxygen atoms in total. The lowest BCUT2D eigenvalue weighted by Gasteiger charge is -2.17. The molecule has 0 bridgehead atoms. The van der Waals surface area contributed by atoms with Crippen molar-refractivity contribution in [3.05, 3.63) is 65.5 Å². The molecule has 2 rings (SSSR count). The van der Waals surface area contributed by atoms with Crippen molar-refractivity contribution in [2.45, 2.75) is 13.0 Å². The lowest BCUT2D eigenvalue weighted by atomic mass is 9.99. The van der Waals surface area contributed by atoms with Crippen LogP contribution < -0.4 is 5.73 Å². The Bertz CT molecular complexity index is 628. The summed E-state index contributed by atoms with van der Waals surface area (Å²) in [6.07, 6.45) is 0. The van der Waals surface area contributed by atoms with Crippen molar-refractivity contribution in [1.82, 2.24) is 0 Å². The molecule has 0 saturated heterocycles. The van der Waals surface area contributed by atoms with E-state index >= 15 is 0 Å². The molecule has 0 saturated carbocycles. The standard InChI is InChI=1S/C14H11Br3ClN/c1-7-4-12(16)10(6-11(7)15)14(19)9-3-2-8(18)5-13(9)17/h2-6,14H,19H2,1H3. The average Bonchev–Trinajstić information content (AvgIpc) is 2.33. The van der Waals surface area contributed by atoms with E-state index in [9.17, 15) is 0 Å². The second-order valence-electron chi connectivity index (χ2n) is 4.27. The summed E-state index contributed by atoms with van der Waals surface area (Å²) in [5, 5.41) is 0.687. The van der Waals surface area contributed by atoms with Gasteiger partial charge in [-0.05, 0) is 47.9 Å². The summed E-state index contributed by atoms with van der Waals surface area (Å²) in [4.78, 5) is 0. The number of hydrogen-bond donors (Lipinski definition) is 1. The second kappa shape index (κ2) is 6.27. The molecule has 0 amide bonds. The minimum Gasteiger partial charge on any atom is -0.320 e. The van der Waals surface area contributed by atoms with Crippen molar-refractivity contribution < 1.29 is 0 Å². The first-order chi connectivity index (χ1) is 8.90. The molecule has 0 radical (unpaired) electrons. The Labute approximate surface area is 142 Å². The zero-order valence-corrected chi connectivity index (χ0v) is 15.6. The Morgan fingerprint density at radius 2 is 1.58 bits per heavy atom. The SMILES string of the molecule is Cc1cc(Br)c(C(N)c2ccc(Cl)cc2Br)cc1Br. The maximum Gasteiger partial charge on any atom is 0.0574 e. The van der Waals surface area contributed by atoms with Crippen LogP contribution in [0.2, 0.25) is 5.02 Å². The van der Waals surface area contributed by atoms with Crippen LogP contribution in [0.3, 0.4) is 0 Å². The van der Waals surface area contributed by atoms with E-state index in [0.717, 1.165) is 30.1 Å². The van der Waals surface area contributed by atoms with E-state index < -0.39 is 0 Å². The molecule has 5 heteroatoms. The molecule has 0 aliphatic carbocycles. The van der Waals surface area contributed by atoms with Gasteiger partial charge in [-0.15, -0.1) is 0 Å². The van der Waals surface area contributed by atoms with Crippen LogP contribution in [0.15, 0.2) is 43.7 Å². The molecule has 2 aromatic carbocycles. The summed E-state index contributed by atoms with van der Waals surface area (Å²) in [5.41, 5.74) is 9.56. The number of halogens is 4. The molecule has 19 heavy (non-hydrogen) atoms. The largest absolute Gasteiger partial charge is 0.320 e. The summed E-state index contributed by atoms with van der Waals surface area (Å²) in [5.74, 6) is 0. The van der Waals surface area contributed by atoms with E-state index in [1.807, 2.05) is 31.2 Å². The number of aryl methyl sites for hydroxylation is 1. The fourth-order valence-electron chi connectivity index (χ4n) is 1.82. The summed E-state index contributed by atoms with van der Waals surface area (Å²) in [6, 6.07) is 9.52. The Hall–Kier alpha value is 0.130. The number of hydrogen-bond acceptors (Lipinski definition) is 1. The average molecular weight is 468 g/mol. The van der Waals surface area contributed by atoms with Crippen molar-refractivity contribution in [2.24, 2.45) is 5.73 Å². The van der Waals surface area contributed by atoms with E-state index in [4.69, 9.17) is 17.3 Å². The third-order valence-corrected chi connectivity index (χ3v) is 5.37. The minimum absolute atomic E-state index is 0.224. The summed E-state index contributed by atoms with van der Waals surface area (Å²) in [6.45, 7) is 2.04. The minimum atomic E-state index is -0.224. The monoisotopic (exact) mass is 465 g/mol. The third kappa shape index (κ3) is 3.42. The Kier molecular flexibility index (Phi) is 5.12. The highest BCUT2D eigenvalue weighted by molar-refractivity contribution is 9.11. The van der Waals surface area contributed by atoms with Gasteiger partial charge < -0.3 is 5.73 Å². The van der Waals surface area contributed by atoms with Crippen LogP contribution >= 0.6 is 59.4 Å². The number of nitrogens with two attached hydrogens (primary N) is 1. The van der Waals surface area contributed by atoms with Crippen molar-refractivity contribution in [3.63, 3.8) is 0 Å². The molecule has 0 aliphatic rings. The Balaban J connectivity index is 2.49. The summed E-state index contributed by atoms with van der Waals surface area (Å²) >= 11 is 16.6. The van der Waals surface area contributed by atoms with Crippen LogP contribution in [0.1, 0.15) is 22.7 Å². The van der Waals surface area contributed by atoms with E-state index in [1.165, 1.54) is 0 Å². The molecule has 0 aliphatic heterocycles. The van der Waals surface area contributed by atoms with Gasteiger partial charge in [-0.2, -0.15) is 0 Å². The van der Waals surface area contributed by atoms with Crippen molar-refractivity contribution >= 4 is 59.4 Å². The normalized spacial score (nSPS) is 12.5. The topological polar surface area (TPSA) is 26.0 Å². The predicted molar refractivity (Wildman–Crippen MR) is 91.8 cm³/mol. The number of rotatable bonds is 2. The Morgan fingerprint density at radius 1 is 0.947 bits per heavy atom. The van der Waals surface area contributed by atoms with Crippen LogP contribution in [-0.2, 0) is 0 Å². The fraction of sp³-hybridized carbons (Fsp3) is 0.143. The zero-order valence-electron chi connectivity index (χ0n) is 10.1. The lowest BCUT2D eigenvalue weighted by molar-refractivity contribution is 0.858. The van der Waals surface area contributed by atoms with Crippen LogP contribution in [0.5, 0.6) is 0 Å². The highest BCUT2D eigenvalue weighted by atomic mass is 79.9. The first-order valence-electron chi connectivity index (χ1n) is 5.56. The van der Waals surface area contributed by atoms with E-state index in [0.29, 0.717) is 5.02 Å². The van der Waals surface area contributed by atoms with Gasteiger partial charge >= 0.3 is 0 Å². The van der Waals surface area contributed by atoms with Gasteiger partial charge in [0.25, 0.3) is 0 Å². The van der Waals surface area contributed by atoms with Gasteiger partial charge in [0.1, 0.15) is 0 Å². The molecule has 0 aromatic heterocycles. The summed E-state index contributed by atoms with van der Waals surface area (Å²) in [7, 11) is 0. The van der Waals surface area contributed by atoms with Gasteiger partial charge in [-0.3, -0.25) is 0 Å². The lowest BCUT2D eigenvalue weighted by Crippen LogP contribution is -2.13. The quantitative estimate of drug-likeness (QED) is 0.576. The smallest absolute Gasteiger partial charge is 0.0574 e. The molecule has 1 atom stereocenters. The highest BCUT2D eigenvalue weighted by Gasteiger charge is 2.16. The van der Waals surface area contributed by atoms with Crippen LogP contribution in [-0.4, -0.2) is 0 Å². The van der Waals surface area contributed by atoms with Crippen LogP contribution in [0.25, 0.3) is 0 Å². The molecule has 0 fully saturated rings. The fourth-order valence-corrected chi connectivity index (χ4v) is 3.82. The molecular weight excluding hydrogens is 457 g/mol. The van der Waals surface area contributed by atoms with Gasteiger partial charge in [0.05, 0.1) is 6.04 Å². The van der Waals surface area contributed by atoms with E-state index in [-0.39, 0.29) is 6.04 Å². The molecule has 2 N–H and O–H groups in total. The van der Waals surface area contributed by atoms with E-state index in [1.54, 1.807) is 0 Å². The summed E-state index contributed by atoms with van der Waals surface area (Å²) < 4.78 is 2.96. The second-order valence-corrected chi connectivity index (χ2v) is 7.27. The first kappa shape index (κ1) is 15.5. The van der Waals surface area contributed by atoms with Gasteiger partial charge in [0.2, 0.25) is 0 Å². The van der Waals surface area contributed by atoms with Gasteiger partial charge in [-0.25, -0.2) is 0 Å². The molecular formula is C14H11Br3ClN. The Morgan fingerprint density at radius 3 is 2.21 bits per heavy atom. The molecule has 0 spiro atoms. The van der Waals surface area contributed by atoms with Gasteiger partial charge in [-0.1, -0.05) is 65.5 Å². The van der Waals surface area contributed by atoms with Crippen LogP contribution in [0.4, 0.5) is 0 Å².